The molecule has 0 bridgehead atoms. The Morgan fingerprint density at radius 3 is 2.76 bits per heavy atom. The van der Waals surface area contributed by atoms with E-state index >= 15 is 0 Å². The van der Waals surface area contributed by atoms with Gasteiger partial charge in [0, 0.05) is 5.57 Å². The van der Waals surface area contributed by atoms with Gasteiger partial charge in [0.2, 0.25) is 0 Å². The number of halogens is 1. The standard InChI is InChI=1S/C11H7FN4O/c12-7-4-13-10(14-5-7)6-1-2-9-8(3-6)11(17)16-15-9/h1-5,8H,(H,16,17). The van der Waals surface area contributed by atoms with E-state index in [-0.39, 0.29) is 5.91 Å². The van der Waals surface area contributed by atoms with Crippen molar-refractivity contribution in [1.29, 1.82) is 0 Å². The monoisotopic (exact) mass is 230 g/mol. The zero-order valence-electron chi connectivity index (χ0n) is 8.59. The lowest BCUT2D eigenvalue weighted by Gasteiger charge is -2.10. The molecule has 0 saturated carbocycles. The minimum Gasteiger partial charge on any atom is -0.272 e. The van der Waals surface area contributed by atoms with Crippen LogP contribution in [0.15, 0.2) is 35.7 Å². The van der Waals surface area contributed by atoms with Crippen LogP contribution in [0.25, 0.3) is 5.57 Å². The molecule has 1 N–H and O–H groups in total. The van der Waals surface area contributed by atoms with Gasteiger partial charge in [0.1, 0.15) is 5.92 Å². The Morgan fingerprint density at radius 2 is 2.00 bits per heavy atom. The van der Waals surface area contributed by atoms with Crippen molar-refractivity contribution in [2.45, 2.75) is 0 Å². The maximum absolute atomic E-state index is 12.7. The summed E-state index contributed by atoms with van der Waals surface area (Å²) in [6.07, 6.45) is 7.38. The first-order valence-corrected chi connectivity index (χ1v) is 4.99. The van der Waals surface area contributed by atoms with Crippen LogP contribution in [0.5, 0.6) is 0 Å². The van der Waals surface area contributed by atoms with E-state index < -0.39 is 11.7 Å². The summed E-state index contributed by atoms with van der Waals surface area (Å²) in [7, 11) is 0. The highest BCUT2D eigenvalue weighted by Crippen LogP contribution is 2.23. The molecule has 0 aromatic carbocycles. The van der Waals surface area contributed by atoms with Gasteiger partial charge in [0.25, 0.3) is 5.91 Å². The smallest absolute Gasteiger partial charge is 0.253 e. The summed E-state index contributed by atoms with van der Waals surface area (Å²) >= 11 is 0. The second-order valence-corrected chi connectivity index (χ2v) is 3.67. The van der Waals surface area contributed by atoms with Crippen molar-refractivity contribution in [3.05, 3.63) is 42.3 Å². The van der Waals surface area contributed by atoms with E-state index in [1.807, 2.05) is 0 Å². The number of hydrazone groups is 1. The van der Waals surface area contributed by atoms with Gasteiger partial charge in [-0.2, -0.15) is 5.10 Å². The van der Waals surface area contributed by atoms with Crippen molar-refractivity contribution < 1.29 is 9.18 Å². The number of nitrogens with zero attached hydrogens (tertiary/aromatic N) is 3. The lowest BCUT2D eigenvalue weighted by Crippen LogP contribution is -2.22. The van der Waals surface area contributed by atoms with Crippen molar-refractivity contribution in [3.63, 3.8) is 0 Å². The Hall–Kier alpha value is -2.37. The van der Waals surface area contributed by atoms with E-state index in [1.165, 1.54) is 0 Å². The second-order valence-electron chi connectivity index (χ2n) is 3.67. The third-order valence-electron chi connectivity index (χ3n) is 2.55. The van der Waals surface area contributed by atoms with Crippen LogP contribution >= 0.6 is 0 Å². The highest BCUT2D eigenvalue weighted by molar-refractivity contribution is 6.17. The number of allylic oxidation sites excluding steroid dienone is 3. The number of aromatic nitrogens is 2. The largest absolute Gasteiger partial charge is 0.272 e. The molecule has 6 heteroatoms. The lowest BCUT2D eigenvalue weighted by atomic mass is 9.94. The molecule has 2 heterocycles. The summed E-state index contributed by atoms with van der Waals surface area (Å²) in [5.41, 5.74) is 3.75. The molecular formula is C11H7FN4O. The Balaban J connectivity index is 1.98. The first kappa shape index (κ1) is 9.83. The summed E-state index contributed by atoms with van der Waals surface area (Å²) < 4.78 is 12.7. The molecule has 1 aromatic rings. The van der Waals surface area contributed by atoms with E-state index in [4.69, 9.17) is 0 Å². The van der Waals surface area contributed by atoms with Crippen LogP contribution in [-0.2, 0) is 4.79 Å². The molecule has 1 atom stereocenters. The van der Waals surface area contributed by atoms with Crippen LogP contribution in [0.2, 0.25) is 0 Å². The number of hydrogen-bond acceptors (Lipinski definition) is 4. The van der Waals surface area contributed by atoms with Gasteiger partial charge in [-0.25, -0.2) is 19.8 Å². The molecule has 3 rings (SSSR count). The molecule has 1 aliphatic carbocycles. The third kappa shape index (κ3) is 1.63. The Kier molecular flexibility index (Phi) is 2.07. The summed E-state index contributed by atoms with van der Waals surface area (Å²) in [5, 5.41) is 3.87. The quantitative estimate of drug-likeness (QED) is 0.771. The Labute approximate surface area is 95.8 Å². The number of carbonyl (C=O) groups is 1. The van der Waals surface area contributed by atoms with Gasteiger partial charge in [-0.05, 0) is 12.2 Å². The number of rotatable bonds is 1. The average Bonchev–Trinajstić information content (AvgIpc) is 2.72. The highest BCUT2D eigenvalue weighted by Gasteiger charge is 2.29. The van der Waals surface area contributed by atoms with Crippen LogP contribution in [0.3, 0.4) is 0 Å². The zero-order valence-corrected chi connectivity index (χ0v) is 8.59. The number of carbonyl (C=O) groups excluding carboxylic acids is 1. The third-order valence-corrected chi connectivity index (χ3v) is 2.55. The van der Waals surface area contributed by atoms with Crippen molar-refractivity contribution in [2.75, 3.05) is 0 Å². The van der Waals surface area contributed by atoms with Crippen molar-refractivity contribution in [2.24, 2.45) is 11.0 Å². The fourth-order valence-corrected chi connectivity index (χ4v) is 1.72. The molecule has 84 valence electrons. The van der Waals surface area contributed by atoms with Gasteiger partial charge in [-0.3, -0.25) is 4.79 Å². The SMILES string of the molecule is O=C1NN=C2C=CC(c3ncc(F)cn3)=CC12. The summed E-state index contributed by atoms with van der Waals surface area (Å²) in [5.74, 6) is -0.677. The topological polar surface area (TPSA) is 67.2 Å². The maximum Gasteiger partial charge on any atom is 0.253 e. The van der Waals surface area contributed by atoms with E-state index in [2.05, 4.69) is 20.5 Å². The molecule has 0 radical (unpaired) electrons. The number of fused-ring (bicyclic) bond motifs is 1. The van der Waals surface area contributed by atoms with E-state index in [1.54, 1.807) is 18.2 Å². The summed E-state index contributed by atoms with van der Waals surface area (Å²) in [6.45, 7) is 0. The maximum atomic E-state index is 12.7. The predicted octanol–water partition coefficient (Wildman–Crippen LogP) is 0.671. The minimum atomic E-state index is -0.491. The van der Waals surface area contributed by atoms with E-state index in [0.29, 0.717) is 17.1 Å². The predicted molar refractivity (Wildman–Crippen MR) is 58.2 cm³/mol. The summed E-state index contributed by atoms with van der Waals surface area (Å²) in [4.78, 5) is 19.2. The van der Waals surface area contributed by atoms with Crippen LogP contribution in [0, 0.1) is 11.7 Å². The van der Waals surface area contributed by atoms with Crippen LogP contribution in [0.4, 0.5) is 4.39 Å². The van der Waals surface area contributed by atoms with Crippen molar-refractivity contribution in [1.82, 2.24) is 15.4 Å². The molecular weight excluding hydrogens is 223 g/mol. The van der Waals surface area contributed by atoms with Gasteiger partial charge in [0.15, 0.2) is 11.6 Å². The molecule has 0 saturated heterocycles. The van der Waals surface area contributed by atoms with Gasteiger partial charge in [0.05, 0.1) is 18.1 Å². The molecule has 5 nitrogen and oxygen atoms in total. The second kappa shape index (κ2) is 3.58. The normalized spacial score (nSPS) is 21.7. The highest BCUT2D eigenvalue weighted by atomic mass is 19.1. The number of nitrogens with one attached hydrogen (secondary N) is 1. The molecule has 0 fully saturated rings. The fraction of sp³-hybridized carbons (Fsp3) is 0.0909. The van der Waals surface area contributed by atoms with E-state index in [9.17, 15) is 9.18 Å². The zero-order chi connectivity index (χ0) is 11.8. The van der Waals surface area contributed by atoms with Crippen molar-refractivity contribution in [3.8, 4) is 0 Å². The van der Waals surface area contributed by atoms with Gasteiger partial charge < -0.3 is 0 Å². The van der Waals surface area contributed by atoms with Gasteiger partial charge in [-0.1, -0.05) is 6.08 Å². The van der Waals surface area contributed by atoms with Gasteiger partial charge in [-0.15, -0.1) is 0 Å². The van der Waals surface area contributed by atoms with Gasteiger partial charge >= 0.3 is 0 Å². The van der Waals surface area contributed by atoms with Crippen LogP contribution in [-0.4, -0.2) is 21.6 Å². The molecule has 17 heavy (non-hydrogen) atoms. The average molecular weight is 230 g/mol. The Bertz CT molecular complexity index is 574. The number of amides is 1. The molecule has 2 aliphatic rings. The molecule has 0 spiro atoms. The Morgan fingerprint density at radius 1 is 1.24 bits per heavy atom. The minimum absolute atomic E-state index is 0.177. The molecule has 1 amide bonds. The van der Waals surface area contributed by atoms with Crippen LogP contribution < -0.4 is 5.43 Å². The summed E-state index contributed by atoms with van der Waals surface area (Å²) in [6, 6.07) is 0. The lowest BCUT2D eigenvalue weighted by molar-refractivity contribution is -0.121. The molecule has 1 unspecified atom stereocenters. The first-order valence-electron chi connectivity index (χ1n) is 4.99. The molecule has 1 aromatic heterocycles. The van der Waals surface area contributed by atoms with Crippen molar-refractivity contribution >= 4 is 17.2 Å². The first-order chi connectivity index (χ1) is 8.24. The van der Waals surface area contributed by atoms with Crippen LogP contribution in [0.1, 0.15) is 5.82 Å². The van der Waals surface area contributed by atoms with E-state index in [0.717, 1.165) is 12.4 Å². The fourth-order valence-electron chi connectivity index (χ4n) is 1.72. The number of hydrogen-bond donors (Lipinski definition) is 1. The molecule has 1 aliphatic heterocycles.